The standard InChI is InChI=1S/C23H25N5O2/c1-5-28-20-11-10-18(30-4)12-16(20)13-21(28)19-14-22(26-25-19)24-23(29)15-6-8-17(9-7-15)27(2)3/h6-14H,5H2,1-4H3,(H2,24,25,26,29). The lowest BCUT2D eigenvalue weighted by atomic mass is 10.2. The maximum Gasteiger partial charge on any atom is 0.256 e. The molecule has 4 aromatic rings. The van der Waals surface area contributed by atoms with Crippen molar-refractivity contribution >= 4 is 28.3 Å². The second kappa shape index (κ2) is 7.94. The zero-order chi connectivity index (χ0) is 21.3. The van der Waals surface area contributed by atoms with Crippen molar-refractivity contribution < 1.29 is 9.53 Å². The molecule has 0 aliphatic carbocycles. The topological polar surface area (TPSA) is 75.2 Å². The van der Waals surface area contributed by atoms with E-state index in [9.17, 15) is 4.79 Å². The minimum atomic E-state index is -0.195. The Morgan fingerprint density at radius 3 is 2.57 bits per heavy atom. The van der Waals surface area contributed by atoms with Crippen molar-refractivity contribution in [1.29, 1.82) is 0 Å². The quantitative estimate of drug-likeness (QED) is 0.501. The van der Waals surface area contributed by atoms with E-state index >= 15 is 0 Å². The molecule has 0 spiro atoms. The predicted molar refractivity (Wildman–Crippen MR) is 120 cm³/mol. The van der Waals surface area contributed by atoms with E-state index in [0.717, 1.165) is 40.3 Å². The molecule has 2 N–H and O–H groups in total. The van der Waals surface area contributed by atoms with E-state index in [0.29, 0.717) is 11.4 Å². The summed E-state index contributed by atoms with van der Waals surface area (Å²) < 4.78 is 7.54. The largest absolute Gasteiger partial charge is 0.497 e. The zero-order valence-electron chi connectivity index (χ0n) is 17.6. The van der Waals surface area contributed by atoms with Gasteiger partial charge in [0.25, 0.3) is 5.91 Å². The van der Waals surface area contributed by atoms with E-state index in [1.807, 2.05) is 49.3 Å². The molecule has 0 radical (unpaired) electrons. The lowest BCUT2D eigenvalue weighted by Crippen LogP contribution is -2.13. The molecule has 2 heterocycles. The van der Waals surface area contributed by atoms with Gasteiger partial charge in [0.05, 0.1) is 18.5 Å². The minimum Gasteiger partial charge on any atom is -0.497 e. The van der Waals surface area contributed by atoms with Crippen molar-refractivity contribution in [2.45, 2.75) is 13.5 Å². The Kier molecular flexibility index (Phi) is 5.18. The summed E-state index contributed by atoms with van der Waals surface area (Å²) in [5.74, 6) is 1.11. The molecule has 0 bridgehead atoms. The first-order valence-corrected chi connectivity index (χ1v) is 9.82. The Bertz CT molecular complexity index is 1190. The average molecular weight is 403 g/mol. The summed E-state index contributed by atoms with van der Waals surface area (Å²) in [6, 6.07) is 17.4. The number of benzene rings is 2. The van der Waals surface area contributed by atoms with Crippen molar-refractivity contribution in [1.82, 2.24) is 14.8 Å². The number of hydrogen-bond acceptors (Lipinski definition) is 4. The van der Waals surface area contributed by atoms with E-state index in [1.165, 1.54) is 0 Å². The molecule has 0 atom stereocenters. The molecule has 4 rings (SSSR count). The highest BCUT2D eigenvalue weighted by Gasteiger charge is 2.14. The maximum absolute atomic E-state index is 12.6. The fourth-order valence-electron chi connectivity index (χ4n) is 3.56. The van der Waals surface area contributed by atoms with Gasteiger partial charge in [-0.1, -0.05) is 0 Å². The molecule has 154 valence electrons. The molecule has 2 aromatic heterocycles. The Labute approximate surface area is 175 Å². The molecule has 7 nitrogen and oxygen atoms in total. The van der Waals surface area contributed by atoms with Crippen LogP contribution in [-0.4, -0.2) is 41.9 Å². The molecular formula is C23H25N5O2. The molecular weight excluding hydrogens is 378 g/mol. The highest BCUT2D eigenvalue weighted by Crippen LogP contribution is 2.30. The summed E-state index contributed by atoms with van der Waals surface area (Å²) >= 11 is 0. The summed E-state index contributed by atoms with van der Waals surface area (Å²) in [5.41, 5.74) is 4.58. The number of aromatic amines is 1. The van der Waals surface area contributed by atoms with Crippen LogP contribution in [0, 0.1) is 0 Å². The summed E-state index contributed by atoms with van der Waals surface area (Å²) in [5, 5.41) is 11.3. The number of aryl methyl sites for hydroxylation is 1. The van der Waals surface area contributed by atoms with Gasteiger partial charge in [-0.15, -0.1) is 0 Å². The molecule has 0 saturated heterocycles. The van der Waals surface area contributed by atoms with Crippen LogP contribution in [0.25, 0.3) is 22.3 Å². The van der Waals surface area contributed by atoms with Crippen LogP contribution >= 0.6 is 0 Å². The van der Waals surface area contributed by atoms with Crippen LogP contribution in [0.2, 0.25) is 0 Å². The summed E-state index contributed by atoms with van der Waals surface area (Å²) in [4.78, 5) is 14.6. The van der Waals surface area contributed by atoms with Crippen LogP contribution in [0.4, 0.5) is 11.5 Å². The maximum atomic E-state index is 12.6. The Morgan fingerprint density at radius 2 is 1.90 bits per heavy atom. The molecule has 1 amide bonds. The third-order valence-electron chi connectivity index (χ3n) is 5.17. The normalized spacial score (nSPS) is 10.9. The number of nitrogens with one attached hydrogen (secondary N) is 2. The van der Waals surface area contributed by atoms with E-state index in [-0.39, 0.29) is 5.91 Å². The number of amides is 1. The number of aromatic nitrogens is 3. The van der Waals surface area contributed by atoms with Crippen LogP contribution < -0.4 is 15.0 Å². The molecule has 0 saturated carbocycles. The van der Waals surface area contributed by atoms with Crippen LogP contribution in [0.5, 0.6) is 5.75 Å². The van der Waals surface area contributed by atoms with Gasteiger partial charge in [0.2, 0.25) is 0 Å². The smallest absolute Gasteiger partial charge is 0.256 e. The third kappa shape index (κ3) is 3.61. The van der Waals surface area contributed by atoms with Crippen molar-refractivity contribution in [3.63, 3.8) is 0 Å². The van der Waals surface area contributed by atoms with Gasteiger partial charge in [-0.05, 0) is 55.5 Å². The molecule has 0 unspecified atom stereocenters. The van der Waals surface area contributed by atoms with Gasteiger partial charge >= 0.3 is 0 Å². The Morgan fingerprint density at radius 1 is 1.13 bits per heavy atom. The van der Waals surface area contributed by atoms with Crippen molar-refractivity contribution in [3.05, 3.63) is 60.2 Å². The van der Waals surface area contributed by atoms with E-state index in [2.05, 4.69) is 39.1 Å². The van der Waals surface area contributed by atoms with Crippen LogP contribution in [0.1, 0.15) is 17.3 Å². The molecule has 0 aliphatic heterocycles. The van der Waals surface area contributed by atoms with E-state index in [4.69, 9.17) is 4.74 Å². The van der Waals surface area contributed by atoms with E-state index in [1.54, 1.807) is 19.2 Å². The number of carbonyl (C=O) groups is 1. The highest BCUT2D eigenvalue weighted by molar-refractivity contribution is 6.04. The molecule has 2 aromatic carbocycles. The van der Waals surface area contributed by atoms with Crippen LogP contribution in [0.15, 0.2) is 54.6 Å². The number of fused-ring (bicyclic) bond motifs is 1. The zero-order valence-corrected chi connectivity index (χ0v) is 17.6. The lowest BCUT2D eigenvalue weighted by Gasteiger charge is -2.12. The molecule has 0 fully saturated rings. The van der Waals surface area contributed by atoms with Gasteiger partial charge in [-0.25, -0.2) is 0 Å². The minimum absolute atomic E-state index is 0.195. The first kappa shape index (κ1) is 19.6. The fourth-order valence-corrected chi connectivity index (χ4v) is 3.56. The van der Waals surface area contributed by atoms with Crippen LogP contribution in [0.3, 0.4) is 0 Å². The number of ether oxygens (including phenoxy) is 1. The van der Waals surface area contributed by atoms with Gasteiger partial charge in [0, 0.05) is 48.9 Å². The van der Waals surface area contributed by atoms with Gasteiger partial charge < -0.3 is 19.5 Å². The highest BCUT2D eigenvalue weighted by atomic mass is 16.5. The fraction of sp³-hybridized carbons (Fsp3) is 0.217. The second-order valence-electron chi connectivity index (χ2n) is 7.26. The van der Waals surface area contributed by atoms with E-state index < -0.39 is 0 Å². The molecule has 30 heavy (non-hydrogen) atoms. The summed E-state index contributed by atoms with van der Waals surface area (Å²) in [7, 11) is 5.59. The van der Waals surface area contributed by atoms with Gasteiger partial charge in [-0.3, -0.25) is 9.89 Å². The number of carbonyl (C=O) groups excluding carboxylic acids is 1. The lowest BCUT2D eigenvalue weighted by molar-refractivity contribution is 0.102. The van der Waals surface area contributed by atoms with Gasteiger partial charge in [0.1, 0.15) is 5.75 Å². The number of hydrogen-bond donors (Lipinski definition) is 2. The monoisotopic (exact) mass is 403 g/mol. The number of methoxy groups -OCH3 is 1. The predicted octanol–water partition coefficient (Wildman–Crippen LogP) is 4.38. The van der Waals surface area contributed by atoms with Crippen LogP contribution in [-0.2, 0) is 6.54 Å². The van der Waals surface area contributed by atoms with Crippen molar-refractivity contribution in [3.8, 4) is 17.1 Å². The SMILES string of the molecule is CCn1c(-c2cc(NC(=O)c3ccc(N(C)C)cc3)n[nH]2)cc2cc(OC)ccc21. The van der Waals surface area contributed by atoms with Crippen molar-refractivity contribution in [2.24, 2.45) is 0 Å². The Balaban J connectivity index is 1.59. The third-order valence-corrected chi connectivity index (χ3v) is 5.17. The number of rotatable bonds is 6. The van der Waals surface area contributed by atoms with Gasteiger partial charge in [0.15, 0.2) is 5.82 Å². The number of nitrogens with zero attached hydrogens (tertiary/aromatic N) is 3. The second-order valence-corrected chi connectivity index (χ2v) is 7.26. The average Bonchev–Trinajstić information content (AvgIpc) is 3.36. The first-order valence-electron chi connectivity index (χ1n) is 9.82. The molecule has 0 aliphatic rings. The Hall–Kier alpha value is -3.74. The molecule has 7 heteroatoms. The first-order chi connectivity index (χ1) is 14.5. The number of anilines is 2. The van der Waals surface area contributed by atoms with Crippen molar-refractivity contribution in [2.75, 3.05) is 31.4 Å². The van der Waals surface area contributed by atoms with Gasteiger partial charge in [-0.2, -0.15) is 5.10 Å². The summed E-state index contributed by atoms with van der Waals surface area (Å²) in [6.07, 6.45) is 0. The summed E-state index contributed by atoms with van der Waals surface area (Å²) in [6.45, 7) is 2.91. The number of H-pyrrole nitrogens is 1.